The summed E-state index contributed by atoms with van der Waals surface area (Å²) in [5, 5.41) is 8.00. The molecule has 0 aromatic rings. The van der Waals surface area contributed by atoms with Crippen molar-refractivity contribution in [2.24, 2.45) is 0 Å². The first kappa shape index (κ1) is 12.4. The third kappa shape index (κ3) is 4.89. The predicted octanol–water partition coefficient (Wildman–Crippen LogP) is 0.101. The minimum absolute atomic E-state index is 0.0717. The molecular weight excluding hydrogens is 206 g/mol. The van der Waals surface area contributed by atoms with Gasteiger partial charge >= 0.3 is 11.9 Å². The van der Waals surface area contributed by atoms with Crippen molar-refractivity contribution in [1.82, 2.24) is 0 Å². The Morgan fingerprint density at radius 1 is 1.62 bits per heavy atom. The van der Waals surface area contributed by atoms with Gasteiger partial charge in [-0.15, -0.1) is 0 Å². The van der Waals surface area contributed by atoms with Crippen LogP contribution in [0.4, 0.5) is 8.78 Å². The molecule has 0 spiro atoms. The average molecular weight is 216 g/mol. The zero-order chi connectivity index (χ0) is 10.5. The zero-order valence-corrected chi connectivity index (χ0v) is 7.77. The van der Waals surface area contributed by atoms with E-state index in [-0.39, 0.29) is 12.4 Å². The third-order valence-electron chi connectivity index (χ3n) is 1.17. The van der Waals surface area contributed by atoms with E-state index in [1.807, 2.05) is 0 Å². The molecule has 1 atom stereocenters. The van der Waals surface area contributed by atoms with Gasteiger partial charge in [-0.3, -0.25) is 4.21 Å². The Balaban J connectivity index is 3.97. The van der Waals surface area contributed by atoms with Crippen LogP contribution < -0.4 is 0 Å². The Hall–Kier alpha value is -0.560. The van der Waals surface area contributed by atoms with Gasteiger partial charge in [-0.1, -0.05) is 0 Å². The third-order valence-corrected chi connectivity index (χ3v) is 2.48. The molecule has 0 aliphatic rings. The number of hydrogen-bond acceptors (Lipinski definition) is 3. The van der Waals surface area contributed by atoms with Crippen molar-refractivity contribution in [2.75, 3.05) is 25.2 Å². The molecule has 0 fully saturated rings. The first-order valence-electron chi connectivity index (χ1n) is 3.35. The fourth-order valence-electron chi connectivity index (χ4n) is 0.512. The van der Waals surface area contributed by atoms with Crippen molar-refractivity contribution < 1.29 is 27.6 Å². The van der Waals surface area contributed by atoms with Crippen molar-refractivity contribution in [3.8, 4) is 0 Å². The molecule has 4 nitrogen and oxygen atoms in total. The summed E-state index contributed by atoms with van der Waals surface area (Å²) >= 11 is 0. The Kier molecular flexibility index (Phi) is 5.01. The number of ether oxygens (including phenoxy) is 1. The number of hydrogen-bond donors (Lipinski definition) is 1. The summed E-state index contributed by atoms with van der Waals surface area (Å²) in [6.45, 7) is 0.0717. The maximum absolute atomic E-state index is 12.4. The molecule has 0 amide bonds. The van der Waals surface area contributed by atoms with Crippen molar-refractivity contribution >= 4 is 16.8 Å². The van der Waals surface area contributed by atoms with Gasteiger partial charge in [0.1, 0.15) is 0 Å². The van der Waals surface area contributed by atoms with Crippen LogP contribution in [0.2, 0.25) is 0 Å². The summed E-state index contributed by atoms with van der Waals surface area (Å²) in [5.41, 5.74) is 0. The minimum atomic E-state index is -3.92. The van der Waals surface area contributed by atoms with Crippen LogP contribution in [0.15, 0.2) is 0 Å². The summed E-state index contributed by atoms with van der Waals surface area (Å²) in [6, 6.07) is 0. The van der Waals surface area contributed by atoms with Gasteiger partial charge in [0, 0.05) is 23.7 Å². The van der Waals surface area contributed by atoms with Crippen LogP contribution in [0.1, 0.15) is 0 Å². The highest BCUT2D eigenvalue weighted by atomic mass is 32.2. The standard InChI is InChI=1S/C6H10F2O4S/c1-12-2-3-13(11)4-6(7,8)5(9)10/h2-4H2,1H3,(H,9,10). The molecule has 1 N–H and O–H groups in total. The van der Waals surface area contributed by atoms with E-state index in [0.717, 1.165) is 0 Å². The van der Waals surface area contributed by atoms with E-state index in [4.69, 9.17) is 5.11 Å². The van der Waals surface area contributed by atoms with Crippen LogP contribution in [0.3, 0.4) is 0 Å². The van der Waals surface area contributed by atoms with E-state index in [2.05, 4.69) is 4.74 Å². The second-order valence-corrected chi connectivity index (χ2v) is 3.87. The molecule has 0 saturated heterocycles. The number of alkyl halides is 2. The number of carbonyl (C=O) groups is 1. The van der Waals surface area contributed by atoms with Crippen LogP contribution in [0.25, 0.3) is 0 Å². The lowest BCUT2D eigenvalue weighted by Crippen LogP contribution is -2.35. The number of carboxylic acid groups (broad SMARTS) is 1. The predicted molar refractivity (Wildman–Crippen MR) is 42.3 cm³/mol. The number of rotatable bonds is 6. The number of halogens is 2. The Labute approximate surface area is 76.3 Å². The zero-order valence-electron chi connectivity index (χ0n) is 6.96. The summed E-state index contributed by atoms with van der Waals surface area (Å²) in [7, 11) is -0.526. The van der Waals surface area contributed by atoms with Crippen molar-refractivity contribution in [1.29, 1.82) is 0 Å². The lowest BCUT2D eigenvalue weighted by Gasteiger charge is -2.09. The fraction of sp³-hybridized carbons (Fsp3) is 0.833. The smallest absolute Gasteiger partial charge is 0.375 e. The highest BCUT2D eigenvalue weighted by Gasteiger charge is 2.40. The minimum Gasteiger partial charge on any atom is -0.477 e. The van der Waals surface area contributed by atoms with Crippen LogP contribution in [-0.2, 0) is 20.3 Å². The van der Waals surface area contributed by atoms with Gasteiger partial charge in [-0.25, -0.2) is 4.79 Å². The summed E-state index contributed by atoms with van der Waals surface area (Å²) in [4.78, 5) is 9.91. The van der Waals surface area contributed by atoms with Crippen LogP contribution in [0, 0.1) is 0 Å². The molecule has 7 heteroatoms. The molecule has 13 heavy (non-hydrogen) atoms. The maximum Gasteiger partial charge on any atom is 0.375 e. The lowest BCUT2D eigenvalue weighted by atomic mass is 10.4. The van der Waals surface area contributed by atoms with Gasteiger partial charge in [0.2, 0.25) is 0 Å². The van der Waals surface area contributed by atoms with E-state index >= 15 is 0 Å². The largest absolute Gasteiger partial charge is 0.477 e. The van der Waals surface area contributed by atoms with Crippen molar-refractivity contribution in [2.45, 2.75) is 5.92 Å². The molecule has 0 saturated carbocycles. The van der Waals surface area contributed by atoms with Crippen molar-refractivity contribution in [3.63, 3.8) is 0 Å². The molecule has 0 heterocycles. The van der Waals surface area contributed by atoms with E-state index in [1.165, 1.54) is 7.11 Å². The molecule has 78 valence electrons. The number of methoxy groups -OCH3 is 1. The molecule has 0 aromatic carbocycles. The first-order chi connectivity index (χ1) is 5.90. The van der Waals surface area contributed by atoms with Gasteiger partial charge in [-0.2, -0.15) is 8.78 Å². The van der Waals surface area contributed by atoms with E-state index in [0.29, 0.717) is 0 Å². The Morgan fingerprint density at radius 3 is 2.54 bits per heavy atom. The first-order valence-corrected chi connectivity index (χ1v) is 4.84. The quantitative estimate of drug-likeness (QED) is 0.684. The second-order valence-electron chi connectivity index (χ2n) is 2.29. The molecule has 0 aliphatic heterocycles. The number of aliphatic carboxylic acids is 1. The van der Waals surface area contributed by atoms with Crippen LogP contribution >= 0.6 is 0 Å². The molecular formula is C6H10F2O4S. The lowest BCUT2D eigenvalue weighted by molar-refractivity contribution is -0.161. The van der Waals surface area contributed by atoms with Gasteiger partial charge in [0.05, 0.1) is 12.4 Å². The number of carboxylic acids is 1. The monoisotopic (exact) mass is 216 g/mol. The molecule has 1 unspecified atom stereocenters. The molecule has 0 aliphatic carbocycles. The Bertz CT molecular complexity index is 207. The second kappa shape index (κ2) is 5.23. The summed E-state index contributed by atoms with van der Waals surface area (Å²) in [5.74, 6) is -7.41. The van der Waals surface area contributed by atoms with Gasteiger partial charge < -0.3 is 9.84 Å². The van der Waals surface area contributed by atoms with E-state index < -0.39 is 28.4 Å². The van der Waals surface area contributed by atoms with Crippen LogP contribution in [0.5, 0.6) is 0 Å². The summed E-state index contributed by atoms with van der Waals surface area (Å²) in [6.07, 6.45) is 0. The normalized spacial score (nSPS) is 14.1. The highest BCUT2D eigenvalue weighted by molar-refractivity contribution is 7.85. The van der Waals surface area contributed by atoms with Gasteiger partial charge in [-0.05, 0) is 0 Å². The molecule has 0 aromatic heterocycles. The average Bonchev–Trinajstić information content (AvgIpc) is 1.99. The van der Waals surface area contributed by atoms with Gasteiger partial charge in [0.15, 0.2) is 0 Å². The fourth-order valence-corrected chi connectivity index (χ4v) is 1.54. The van der Waals surface area contributed by atoms with E-state index in [1.54, 1.807) is 0 Å². The van der Waals surface area contributed by atoms with E-state index in [9.17, 15) is 17.8 Å². The molecule has 0 bridgehead atoms. The molecule has 0 rings (SSSR count). The Morgan fingerprint density at radius 2 is 2.15 bits per heavy atom. The van der Waals surface area contributed by atoms with Crippen LogP contribution in [-0.4, -0.2) is 46.4 Å². The van der Waals surface area contributed by atoms with Crippen molar-refractivity contribution in [3.05, 3.63) is 0 Å². The highest BCUT2D eigenvalue weighted by Crippen LogP contribution is 2.14. The SMILES string of the molecule is COCCS(=O)CC(F)(F)C(=O)O. The maximum atomic E-state index is 12.4. The van der Waals surface area contributed by atoms with Gasteiger partial charge in [0.25, 0.3) is 0 Å². The topological polar surface area (TPSA) is 63.6 Å². The summed E-state index contributed by atoms with van der Waals surface area (Å²) < 4.78 is 40.1. The molecule has 0 radical (unpaired) electrons.